The molecule has 1 aromatic heterocycles. The fourth-order valence-corrected chi connectivity index (χ4v) is 2.33. The van der Waals surface area contributed by atoms with Crippen LogP contribution in [0.4, 0.5) is 5.82 Å². The van der Waals surface area contributed by atoms with E-state index in [0.717, 1.165) is 0 Å². The molecule has 1 radical (unpaired) electrons. The third-order valence-corrected chi connectivity index (χ3v) is 3.34. The summed E-state index contributed by atoms with van der Waals surface area (Å²) in [5.74, 6) is 0.476. The fourth-order valence-electron chi connectivity index (χ4n) is 2.33. The van der Waals surface area contributed by atoms with Crippen molar-refractivity contribution in [3.63, 3.8) is 0 Å². The zero-order chi connectivity index (χ0) is 13.4. The number of rotatable bonds is 2. The molecule has 2 aliphatic rings. The van der Waals surface area contributed by atoms with Crippen molar-refractivity contribution in [3.05, 3.63) is 12.0 Å². The molecule has 1 saturated heterocycles. The lowest BCUT2D eigenvalue weighted by molar-refractivity contribution is -0.0438. The molecule has 0 spiro atoms. The summed E-state index contributed by atoms with van der Waals surface area (Å²) in [6, 6.07) is 0. The van der Waals surface area contributed by atoms with Gasteiger partial charge in [-0.1, -0.05) is 0 Å². The molecule has 19 heavy (non-hydrogen) atoms. The molecule has 1 aromatic rings. The van der Waals surface area contributed by atoms with Crippen molar-refractivity contribution < 1.29 is 20.1 Å². The van der Waals surface area contributed by atoms with Gasteiger partial charge in [0.15, 0.2) is 5.82 Å². The van der Waals surface area contributed by atoms with Crippen LogP contribution in [-0.2, 0) is 4.74 Å². The Balaban J connectivity index is 1.90. The molecule has 3 heterocycles. The van der Waals surface area contributed by atoms with E-state index in [1.165, 1.54) is 12.7 Å². The van der Waals surface area contributed by atoms with Gasteiger partial charge < -0.3 is 20.1 Å². The first-order valence-electron chi connectivity index (χ1n) is 6.09. The van der Waals surface area contributed by atoms with Crippen molar-refractivity contribution in [2.45, 2.75) is 31.0 Å². The third kappa shape index (κ3) is 2.12. The van der Waals surface area contributed by atoms with Gasteiger partial charge in [0.2, 0.25) is 0 Å². The Morgan fingerprint density at radius 3 is 3.00 bits per heavy atom. The minimum absolute atomic E-state index is 0.223. The first-order valence-corrected chi connectivity index (χ1v) is 6.09. The van der Waals surface area contributed by atoms with Gasteiger partial charge in [0.1, 0.15) is 30.5 Å². The normalized spacial score (nSPS) is 33.8. The monoisotopic (exact) mass is 267 g/mol. The predicted molar refractivity (Wildman–Crippen MR) is 64.0 cm³/mol. The van der Waals surface area contributed by atoms with Crippen LogP contribution >= 0.6 is 0 Å². The van der Waals surface area contributed by atoms with Gasteiger partial charge in [-0.3, -0.25) is 9.88 Å². The number of hydrogen-bond acceptors (Lipinski definition) is 6. The molecule has 3 N–H and O–H groups in total. The van der Waals surface area contributed by atoms with Crippen LogP contribution in [0.25, 0.3) is 0 Å². The van der Waals surface area contributed by atoms with Crippen LogP contribution in [0.15, 0.2) is 11.3 Å². The van der Waals surface area contributed by atoms with Gasteiger partial charge in [0.25, 0.3) is 0 Å². The number of aliphatic imine (C=N–C) groups is 1. The second-order valence-electron chi connectivity index (χ2n) is 4.60. The number of nitrogens with zero attached hydrogens (tertiary/aromatic N) is 4. The molecule has 0 bridgehead atoms. The quantitative estimate of drug-likeness (QED) is 0.625. The molecule has 4 atom stereocenters. The van der Waals surface area contributed by atoms with Crippen LogP contribution < -0.4 is 5.32 Å². The number of hydrogen-bond donors (Lipinski definition) is 3. The van der Waals surface area contributed by atoms with Crippen LogP contribution in [0.1, 0.15) is 24.4 Å². The van der Waals surface area contributed by atoms with Crippen molar-refractivity contribution >= 4 is 12.2 Å². The van der Waals surface area contributed by atoms with Gasteiger partial charge in [-0.05, 0) is 0 Å². The number of imidazole rings is 1. The Labute approximate surface area is 109 Å². The molecule has 8 nitrogen and oxygen atoms in total. The highest BCUT2D eigenvalue weighted by Gasteiger charge is 2.36. The summed E-state index contributed by atoms with van der Waals surface area (Å²) in [6.07, 6.45) is 0.668. The Kier molecular flexibility index (Phi) is 3.23. The average molecular weight is 267 g/mol. The van der Waals surface area contributed by atoms with E-state index in [4.69, 9.17) is 9.84 Å². The minimum Gasteiger partial charge on any atom is -0.394 e. The Morgan fingerprint density at radius 1 is 1.42 bits per heavy atom. The van der Waals surface area contributed by atoms with Crippen molar-refractivity contribution in [2.75, 3.05) is 13.2 Å². The molecule has 0 unspecified atom stereocenters. The fraction of sp³-hybridized carbons (Fsp3) is 0.636. The maximum atomic E-state index is 9.87. The molecule has 0 aliphatic carbocycles. The van der Waals surface area contributed by atoms with Crippen LogP contribution in [0.5, 0.6) is 0 Å². The second-order valence-corrected chi connectivity index (χ2v) is 4.60. The summed E-state index contributed by atoms with van der Waals surface area (Å²) < 4.78 is 7.19. The summed E-state index contributed by atoms with van der Waals surface area (Å²) in [5.41, 5.74) is 0.447. The van der Waals surface area contributed by atoms with E-state index in [-0.39, 0.29) is 13.2 Å². The third-order valence-electron chi connectivity index (χ3n) is 3.34. The lowest BCUT2D eigenvalue weighted by atomic mass is 10.2. The number of aliphatic hydroxyl groups is 3. The van der Waals surface area contributed by atoms with E-state index in [0.29, 0.717) is 17.9 Å². The molecule has 8 heteroatoms. The number of aromatic nitrogens is 2. The predicted octanol–water partition coefficient (Wildman–Crippen LogP) is -1.17. The molecular weight excluding hydrogens is 252 g/mol. The zero-order valence-electron chi connectivity index (χ0n) is 10.1. The van der Waals surface area contributed by atoms with Gasteiger partial charge >= 0.3 is 0 Å². The summed E-state index contributed by atoms with van der Waals surface area (Å²) >= 11 is 0. The highest BCUT2D eigenvalue weighted by atomic mass is 16.5. The van der Waals surface area contributed by atoms with Gasteiger partial charge in [0, 0.05) is 6.42 Å². The van der Waals surface area contributed by atoms with Crippen LogP contribution in [0, 0.1) is 0 Å². The highest BCUT2D eigenvalue weighted by molar-refractivity contribution is 5.62. The lowest BCUT2D eigenvalue weighted by Crippen LogP contribution is -2.24. The molecular formula is C11H15N4O4. The van der Waals surface area contributed by atoms with E-state index >= 15 is 0 Å². The van der Waals surface area contributed by atoms with E-state index < -0.39 is 24.5 Å². The maximum absolute atomic E-state index is 9.87. The summed E-state index contributed by atoms with van der Waals surface area (Å²) in [6.45, 7) is -0.0172. The molecule has 1 fully saturated rings. The Hall–Kier alpha value is -1.48. The zero-order valence-corrected chi connectivity index (χ0v) is 10.1. The van der Waals surface area contributed by atoms with Gasteiger partial charge in [-0.15, -0.1) is 0 Å². The first kappa shape index (κ1) is 12.5. The first-order chi connectivity index (χ1) is 9.20. The smallest absolute Gasteiger partial charge is 0.162 e. The van der Waals surface area contributed by atoms with Crippen molar-refractivity contribution in [1.29, 1.82) is 0 Å². The number of aliphatic hydroxyl groups excluding tert-OH is 3. The SMILES string of the molecule is OC[C@H]1O[C@H](n2cnc3c2N=C[N]C[C@H]3O)C[C@@H]1O. The van der Waals surface area contributed by atoms with Gasteiger partial charge in [-0.25, -0.2) is 9.98 Å². The number of ether oxygens (including phenoxy) is 1. The molecule has 2 aliphatic heterocycles. The molecule has 3 rings (SSSR count). The Morgan fingerprint density at radius 2 is 2.26 bits per heavy atom. The topological polar surface area (TPSA) is 114 Å². The highest BCUT2D eigenvalue weighted by Crippen LogP contribution is 2.35. The molecule has 0 aromatic carbocycles. The van der Waals surface area contributed by atoms with E-state index in [9.17, 15) is 10.2 Å². The largest absolute Gasteiger partial charge is 0.394 e. The van der Waals surface area contributed by atoms with Crippen LogP contribution in [-0.4, -0.2) is 56.6 Å². The van der Waals surface area contributed by atoms with Crippen molar-refractivity contribution in [3.8, 4) is 0 Å². The van der Waals surface area contributed by atoms with Crippen LogP contribution in [0.2, 0.25) is 0 Å². The van der Waals surface area contributed by atoms with Crippen molar-refractivity contribution in [2.24, 2.45) is 4.99 Å². The molecule has 103 valence electrons. The van der Waals surface area contributed by atoms with Crippen LogP contribution in [0.3, 0.4) is 0 Å². The summed E-state index contributed by atoms with van der Waals surface area (Å²) in [7, 11) is 0. The second kappa shape index (κ2) is 4.89. The van der Waals surface area contributed by atoms with Crippen molar-refractivity contribution in [1.82, 2.24) is 14.9 Å². The van der Waals surface area contributed by atoms with Gasteiger partial charge in [-0.2, -0.15) is 0 Å². The summed E-state index contributed by atoms with van der Waals surface area (Å²) in [5, 5.41) is 32.6. The standard InChI is InChI=1S/C11H15N4O4/c16-3-8-6(17)1-9(19-8)15-5-14-10-7(18)2-12-4-13-11(10)15/h4-9,16-18H,1-3H2/t6-,7+,8+,9-/m0/s1. The number of fused-ring (bicyclic) bond motifs is 1. The minimum atomic E-state index is -0.793. The van der Waals surface area contributed by atoms with E-state index in [2.05, 4.69) is 15.3 Å². The lowest BCUT2D eigenvalue weighted by Gasteiger charge is -2.14. The summed E-state index contributed by atoms with van der Waals surface area (Å²) in [4.78, 5) is 8.28. The average Bonchev–Trinajstić information content (AvgIpc) is 2.93. The maximum Gasteiger partial charge on any atom is 0.162 e. The molecule has 0 amide bonds. The molecule has 0 saturated carbocycles. The van der Waals surface area contributed by atoms with E-state index in [1.807, 2.05) is 0 Å². The van der Waals surface area contributed by atoms with E-state index in [1.54, 1.807) is 4.57 Å². The Bertz CT molecular complexity index is 489. The van der Waals surface area contributed by atoms with Gasteiger partial charge in [0.05, 0.1) is 25.6 Å².